The number of benzene rings is 1. The number of fused-ring (bicyclic) bond motifs is 1. The van der Waals surface area contributed by atoms with E-state index in [1.54, 1.807) is 47.0 Å². The highest BCUT2D eigenvalue weighted by molar-refractivity contribution is 5.91. The van der Waals surface area contributed by atoms with E-state index in [1.165, 1.54) is 6.33 Å². The molecule has 0 N–H and O–H groups in total. The predicted molar refractivity (Wildman–Crippen MR) is 112 cm³/mol. The minimum absolute atomic E-state index is 0.0857. The Morgan fingerprint density at radius 3 is 2.84 bits per heavy atom. The van der Waals surface area contributed by atoms with Gasteiger partial charge in [0.15, 0.2) is 5.76 Å². The summed E-state index contributed by atoms with van der Waals surface area (Å²) in [6.45, 7) is 1.70. The maximum absolute atomic E-state index is 13.0. The Bertz CT molecular complexity index is 1060. The van der Waals surface area contributed by atoms with Gasteiger partial charge in [0, 0.05) is 32.6 Å². The van der Waals surface area contributed by atoms with Gasteiger partial charge in [0.2, 0.25) is 5.91 Å². The molecule has 0 spiro atoms. The summed E-state index contributed by atoms with van der Waals surface area (Å²) >= 11 is 0. The van der Waals surface area contributed by atoms with E-state index in [4.69, 9.17) is 9.15 Å². The van der Waals surface area contributed by atoms with Crippen LogP contribution in [0.25, 0.3) is 0 Å². The monoisotopic (exact) mass is 423 g/mol. The van der Waals surface area contributed by atoms with Crippen LogP contribution < -0.4 is 4.74 Å². The quantitative estimate of drug-likeness (QED) is 0.602. The molecule has 0 bridgehead atoms. The van der Waals surface area contributed by atoms with Crippen LogP contribution in [0.15, 0.2) is 47.4 Å². The number of hydrogen-bond acceptors (Lipinski definition) is 6. The van der Waals surface area contributed by atoms with Crippen LogP contribution in [0.4, 0.5) is 0 Å². The van der Waals surface area contributed by atoms with Crippen molar-refractivity contribution in [3.63, 3.8) is 0 Å². The van der Waals surface area contributed by atoms with Crippen molar-refractivity contribution in [2.24, 2.45) is 0 Å². The Labute approximate surface area is 180 Å². The molecule has 1 aromatic carbocycles. The molecule has 0 saturated carbocycles. The molecule has 162 valence electrons. The van der Waals surface area contributed by atoms with Crippen molar-refractivity contribution in [2.75, 3.05) is 27.2 Å². The molecular formula is C22H25N5O4. The van der Waals surface area contributed by atoms with Gasteiger partial charge < -0.3 is 19.0 Å². The number of carbonyl (C=O) groups excluding carboxylic acids is 2. The Balaban J connectivity index is 1.45. The first-order valence-corrected chi connectivity index (χ1v) is 10.1. The van der Waals surface area contributed by atoms with E-state index in [-0.39, 0.29) is 17.6 Å². The lowest BCUT2D eigenvalue weighted by Crippen LogP contribution is -2.32. The number of aromatic nitrogens is 3. The molecule has 1 aliphatic heterocycles. The lowest BCUT2D eigenvalue weighted by molar-refractivity contribution is -0.128. The fourth-order valence-corrected chi connectivity index (χ4v) is 3.46. The number of amides is 2. The maximum Gasteiger partial charge on any atom is 0.289 e. The summed E-state index contributed by atoms with van der Waals surface area (Å²) in [4.78, 5) is 32.1. The molecule has 0 unspecified atom stereocenters. The Morgan fingerprint density at radius 2 is 2.06 bits per heavy atom. The summed E-state index contributed by atoms with van der Waals surface area (Å²) in [6, 6.07) is 9.37. The van der Waals surface area contributed by atoms with Crippen LogP contribution in [0.5, 0.6) is 5.75 Å². The lowest BCUT2D eigenvalue weighted by Gasteiger charge is -2.18. The molecule has 31 heavy (non-hydrogen) atoms. The average molecular weight is 423 g/mol. The molecule has 0 saturated heterocycles. The van der Waals surface area contributed by atoms with Crippen LogP contribution in [0.1, 0.15) is 33.9 Å². The van der Waals surface area contributed by atoms with Gasteiger partial charge in [-0.3, -0.25) is 9.59 Å². The van der Waals surface area contributed by atoms with Gasteiger partial charge >= 0.3 is 0 Å². The van der Waals surface area contributed by atoms with E-state index in [0.29, 0.717) is 44.8 Å². The van der Waals surface area contributed by atoms with E-state index in [2.05, 4.69) is 10.1 Å². The Morgan fingerprint density at radius 1 is 1.19 bits per heavy atom. The van der Waals surface area contributed by atoms with Gasteiger partial charge in [-0.25, -0.2) is 9.67 Å². The Kier molecular flexibility index (Phi) is 6.01. The van der Waals surface area contributed by atoms with Crippen molar-refractivity contribution < 1.29 is 18.7 Å². The summed E-state index contributed by atoms with van der Waals surface area (Å²) in [5.74, 6) is 1.58. The predicted octanol–water partition coefficient (Wildman–Crippen LogP) is 1.97. The van der Waals surface area contributed by atoms with Crippen molar-refractivity contribution in [1.82, 2.24) is 24.6 Å². The van der Waals surface area contributed by atoms with Gasteiger partial charge in [0.25, 0.3) is 5.91 Å². The number of ether oxygens (including phenoxy) is 1. The first kappa shape index (κ1) is 20.6. The number of furan rings is 1. The van der Waals surface area contributed by atoms with Gasteiger partial charge in [-0.2, -0.15) is 5.10 Å². The van der Waals surface area contributed by atoms with Gasteiger partial charge in [-0.15, -0.1) is 0 Å². The Hall–Kier alpha value is -3.62. The van der Waals surface area contributed by atoms with E-state index in [0.717, 1.165) is 16.9 Å². The first-order valence-electron chi connectivity index (χ1n) is 10.1. The molecule has 4 rings (SSSR count). The summed E-state index contributed by atoms with van der Waals surface area (Å²) in [5, 5.41) is 4.05. The number of hydrogen-bond donors (Lipinski definition) is 0. The highest BCUT2D eigenvalue weighted by Gasteiger charge is 2.24. The standard InChI is InChI=1S/C22H25N5O4/c1-25(2)21(28)8-4-16-3-6-19-17(11-16)12-26(9-10-30-19)22(29)20-7-5-18(31-20)13-27-15-23-14-24-27/h3,5-7,11,14-15H,4,8-10,12-13H2,1-2H3. The summed E-state index contributed by atoms with van der Waals surface area (Å²) in [7, 11) is 3.51. The van der Waals surface area contributed by atoms with Gasteiger partial charge in [0.05, 0.1) is 6.54 Å². The summed E-state index contributed by atoms with van der Waals surface area (Å²) in [5.41, 5.74) is 1.97. The van der Waals surface area contributed by atoms with E-state index >= 15 is 0 Å². The largest absolute Gasteiger partial charge is 0.491 e. The van der Waals surface area contributed by atoms with Crippen LogP contribution in [-0.4, -0.2) is 63.6 Å². The minimum atomic E-state index is -0.186. The second kappa shape index (κ2) is 9.03. The SMILES string of the molecule is CN(C)C(=O)CCc1ccc2c(c1)CN(C(=O)c1ccc(Cn3cncn3)o1)CCO2. The fourth-order valence-electron chi connectivity index (χ4n) is 3.46. The number of nitrogens with zero attached hydrogens (tertiary/aromatic N) is 5. The molecule has 0 radical (unpaired) electrons. The molecule has 3 aromatic rings. The molecular weight excluding hydrogens is 398 g/mol. The van der Waals surface area contributed by atoms with Crippen molar-refractivity contribution in [1.29, 1.82) is 0 Å². The first-order chi connectivity index (χ1) is 15.0. The minimum Gasteiger partial charge on any atom is -0.491 e. The number of aryl methyl sites for hydroxylation is 1. The average Bonchev–Trinajstić information content (AvgIpc) is 3.39. The van der Waals surface area contributed by atoms with E-state index < -0.39 is 0 Å². The van der Waals surface area contributed by atoms with Crippen LogP contribution >= 0.6 is 0 Å². The van der Waals surface area contributed by atoms with Crippen molar-refractivity contribution >= 4 is 11.8 Å². The topological polar surface area (TPSA) is 93.7 Å². The van der Waals surface area contributed by atoms with E-state index in [9.17, 15) is 9.59 Å². The fraction of sp³-hybridized carbons (Fsp3) is 0.364. The molecule has 0 aliphatic carbocycles. The second-order valence-corrected chi connectivity index (χ2v) is 7.66. The highest BCUT2D eigenvalue weighted by Crippen LogP contribution is 2.26. The summed E-state index contributed by atoms with van der Waals surface area (Å²) < 4.78 is 13.2. The van der Waals surface area contributed by atoms with Crippen molar-refractivity contribution in [3.05, 3.63) is 65.6 Å². The molecule has 0 fully saturated rings. The van der Waals surface area contributed by atoms with Crippen LogP contribution in [0.2, 0.25) is 0 Å². The maximum atomic E-state index is 13.0. The molecule has 2 amide bonds. The van der Waals surface area contributed by atoms with Gasteiger partial charge in [-0.05, 0) is 30.2 Å². The molecule has 3 heterocycles. The van der Waals surface area contributed by atoms with Crippen molar-refractivity contribution in [2.45, 2.75) is 25.9 Å². The van der Waals surface area contributed by atoms with Gasteiger partial charge in [0.1, 0.15) is 37.3 Å². The van der Waals surface area contributed by atoms with Crippen LogP contribution in [0.3, 0.4) is 0 Å². The smallest absolute Gasteiger partial charge is 0.289 e. The molecule has 0 atom stereocenters. The zero-order valence-corrected chi connectivity index (χ0v) is 17.7. The third-order valence-electron chi connectivity index (χ3n) is 5.18. The van der Waals surface area contributed by atoms with Crippen LogP contribution in [-0.2, 0) is 24.3 Å². The third kappa shape index (κ3) is 4.93. The van der Waals surface area contributed by atoms with Crippen LogP contribution in [0, 0.1) is 0 Å². The zero-order valence-electron chi connectivity index (χ0n) is 17.7. The van der Waals surface area contributed by atoms with E-state index in [1.807, 2.05) is 18.2 Å². The summed E-state index contributed by atoms with van der Waals surface area (Å²) in [6.07, 6.45) is 4.13. The third-order valence-corrected chi connectivity index (χ3v) is 5.18. The second-order valence-electron chi connectivity index (χ2n) is 7.66. The number of carbonyl (C=O) groups is 2. The number of rotatable bonds is 6. The van der Waals surface area contributed by atoms with Gasteiger partial charge in [-0.1, -0.05) is 12.1 Å². The highest BCUT2D eigenvalue weighted by atomic mass is 16.5. The molecule has 1 aliphatic rings. The van der Waals surface area contributed by atoms with Crippen molar-refractivity contribution in [3.8, 4) is 5.75 Å². The molecule has 9 nitrogen and oxygen atoms in total. The molecule has 9 heteroatoms. The zero-order chi connectivity index (χ0) is 21.8. The normalized spacial score (nSPS) is 13.3. The lowest BCUT2D eigenvalue weighted by atomic mass is 10.0. The molecule has 2 aromatic heterocycles.